The van der Waals surface area contributed by atoms with Crippen LogP contribution in [-0.4, -0.2) is 4.98 Å². The van der Waals surface area contributed by atoms with Crippen molar-refractivity contribution in [1.82, 2.24) is 4.98 Å². The van der Waals surface area contributed by atoms with Gasteiger partial charge in [-0.1, -0.05) is 60.7 Å². The van der Waals surface area contributed by atoms with Crippen molar-refractivity contribution >= 4 is 11.3 Å². The van der Waals surface area contributed by atoms with Crippen LogP contribution < -0.4 is 5.73 Å². The molecule has 0 radical (unpaired) electrons. The van der Waals surface area contributed by atoms with Crippen LogP contribution in [0.15, 0.2) is 66.0 Å². The van der Waals surface area contributed by atoms with Gasteiger partial charge in [0.25, 0.3) is 0 Å². The van der Waals surface area contributed by atoms with E-state index in [1.165, 1.54) is 11.1 Å². The van der Waals surface area contributed by atoms with E-state index in [2.05, 4.69) is 53.5 Å². The van der Waals surface area contributed by atoms with Crippen LogP contribution in [0.1, 0.15) is 27.7 Å². The maximum Gasteiger partial charge on any atom is 0.105 e. The molecular formula is C17H16N2S. The fourth-order valence-electron chi connectivity index (χ4n) is 2.32. The smallest absolute Gasteiger partial charge is 0.105 e. The van der Waals surface area contributed by atoms with Gasteiger partial charge in [0.1, 0.15) is 5.01 Å². The Hall–Kier alpha value is -1.97. The lowest BCUT2D eigenvalue weighted by molar-refractivity contribution is 0.917. The van der Waals surface area contributed by atoms with E-state index in [4.69, 9.17) is 5.73 Å². The number of nitrogens with two attached hydrogens (primary N) is 1. The van der Waals surface area contributed by atoms with Crippen LogP contribution in [0.3, 0.4) is 0 Å². The minimum Gasteiger partial charge on any atom is -0.325 e. The molecule has 0 aliphatic carbocycles. The Bertz CT molecular complexity index is 622. The molecule has 0 saturated heterocycles. The highest BCUT2D eigenvalue weighted by Gasteiger charge is 2.19. The van der Waals surface area contributed by atoms with Crippen molar-refractivity contribution in [2.75, 3.05) is 0 Å². The van der Waals surface area contributed by atoms with Crippen LogP contribution in [-0.2, 0) is 6.54 Å². The SMILES string of the molecule is NCc1csc(C(c2ccccc2)c2ccccc2)n1. The van der Waals surface area contributed by atoms with E-state index < -0.39 is 0 Å². The molecule has 2 aromatic carbocycles. The lowest BCUT2D eigenvalue weighted by Crippen LogP contribution is -2.04. The van der Waals surface area contributed by atoms with E-state index in [0.29, 0.717) is 6.54 Å². The molecule has 0 aliphatic rings. The third-order valence-electron chi connectivity index (χ3n) is 3.29. The second kappa shape index (κ2) is 5.99. The summed E-state index contributed by atoms with van der Waals surface area (Å²) in [5.74, 6) is 0.183. The normalized spacial score (nSPS) is 10.9. The number of hydrogen-bond acceptors (Lipinski definition) is 3. The molecule has 0 amide bonds. The summed E-state index contributed by atoms with van der Waals surface area (Å²) < 4.78 is 0. The number of aromatic nitrogens is 1. The van der Waals surface area contributed by atoms with E-state index in [0.717, 1.165) is 10.7 Å². The third kappa shape index (κ3) is 2.64. The fourth-order valence-corrected chi connectivity index (χ4v) is 3.30. The fraction of sp³-hybridized carbons (Fsp3) is 0.118. The lowest BCUT2D eigenvalue weighted by Gasteiger charge is -2.15. The number of benzene rings is 2. The van der Waals surface area contributed by atoms with E-state index in [1.54, 1.807) is 11.3 Å². The first-order valence-corrected chi connectivity index (χ1v) is 7.50. The average Bonchev–Trinajstić information content (AvgIpc) is 2.98. The zero-order chi connectivity index (χ0) is 13.8. The van der Waals surface area contributed by atoms with Crippen LogP contribution in [0.2, 0.25) is 0 Å². The molecule has 2 nitrogen and oxygen atoms in total. The summed E-state index contributed by atoms with van der Waals surface area (Å²) in [5.41, 5.74) is 9.17. The van der Waals surface area contributed by atoms with Gasteiger partial charge in [-0.2, -0.15) is 0 Å². The maximum atomic E-state index is 5.68. The molecule has 2 N–H and O–H groups in total. The van der Waals surface area contributed by atoms with Crippen LogP contribution in [0.5, 0.6) is 0 Å². The molecule has 0 atom stereocenters. The molecule has 0 bridgehead atoms. The molecular weight excluding hydrogens is 264 g/mol. The maximum absolute atomic E-state index is 5.68. The second-order valence-electron chi connectivity index (χ2n) is 4.64. The van der Waals surface area contributed by atoms with Crippen LogP contribution in [0, 0.1) is 0 Å². The Morgan fingerprint density at radius 1 is 0.900 bits per heavy atom. The third-order valence-corrected chi connectivity index (χ3v) is 4.25. The van der Waals surface area contributed by atoms with Crippen LogP contribution in [0.25, 0.3) is 0 Å². The summed E-state index contributed by atoms with van der Waals surface area (Å²) in [4.78, 5) is 4.68. The van der Waals surface area contributed by atoms with Gasteiger partial charge < -0.3 is 5.73 Å². The van der Waals surface area contributed by atoms with Crippen LogP contribution >= 0.6 is 11.3 Å². The number of nitrogens with zero attached hydrogens (tertiary/aromatic N) is 1. The standard InChI is InChI=1S/C17H16N2S/c18-11-15-12-20-17(19-15)16(13-7-3-1-4-8-13)14-9-5-2-6-10-14/h1-10,12,16H,11,18H2. The van der Waals surface area contributed by atoms with E-state index in [9.17, 15) is 0 Å². The molecule has 0 unspecified atom stereocenters. The largest absolute Gasteiger partial charge is 0.325 e. The molecule has 100 valence electrons. The minimum atomic E-state index is 0.183. The van der Waals surface area contributed by atoms with Crippen molar-refractivity contribution in [3.05, 3.63) is 87.9 Å². The summed E-state index contributed by atoms with van der Waals surface area (Å²) in [6.45, 7) is 0.493. The Labute approximate surface area is 122 Å². The molecule has 3 rings (SSSR count). The number of thiazole rings is 1. The van der Waals surface area contributed by atoms with Gasteiger partial charge >= 0.3 is 0 Å². The Balaban J connectivity index is 2.09. The molecule has 0 aliphatic heterocycles. The Morgan fingerprint density at radius 3 is 1.90 bits per heavy atom. The summed E-state index contributed by atoms with van der Waals surface area (Å²) in [6, 6.07) is 21.0. The van der Waals surface area contributed by atoms with Crippen molar-refractivity contribution in [3.63, 3.8) is 0 Å². The topological polar surface area (TPSA) is 38.9 Å². The van der Waals surface area contributed by atoms with Gasteiger partial charge in [0.2, 0.25) is 0 Å². The van der Waals surface area contributed by atoms with Gasteiger partial charge in [-0.3, -0.25) is 0 Å². The van der Waals surface area contributed by atoms with E-state index in [-0.39, 0.29) is 5.92 Å². The van der Waals surface area contributed by atoms with Crippen molar-refractivity contribution in [2.45, 2.75) is 12.5 Å². The van der Waals surface area contributed by atoms with Gasteiger partial charge in [0.15, 0.2) is 0 Å². The highest BCUT2D eigenvalue weighted by Crippen LogP contribution is 2.33. The van der Waals surface area contributed by atoms with Gasteiger partial charge in [-0.15, -0.1) is 11.3 Å². The first-order chi connectivity index (χ1) is 9.88. The second-order valence-corrected chi connectivity index (χ2v) is 5.53. The van der Waals surface area contributed by atoms with Crippen molar-refractivity contribution in [1.29, 1.82) is 0 Å². The zero-order valence-corrected chi connectivity index (χ0v) is 11.9. The quantitative estimate of drug-likeness (QED) is 0.790. The average molecular weight is 280 g/mol. The van der Waals surface area contributed by atoms with Crippen molar-refractivity contribution in [3.8, 4) is 0 Å². The molecule has 3 aromatic rings. The Kier molecular flexibility index (Phi) is 3.90. The van der Waals surface area contributed by atoms with Gasteiger partial charge in [0.05, 0.1) is 11.6 Å². The first-order valence-electron chi connectivity index (χ1n) is 6.62. The molecule has 1 heterocycles. The predicted molar refractivity (Wildman–Crippen MR) is 83.8 cm³/mol. The van der Waals surface area contributed by atoms with Crippen LogP contribution in [0.4, 0.5) is 0 Å². The van der Waals surface area contributed by atoms with Crippen molar-refractivity contribution in [2.24, 2.45) is 5.73 Å². The van der Waals surface area contributed by atoms with Gasteiger partial charge in [-0.05, 0) is 11.1 Å². The molecule has 1 aromatic heterocycles. The molecule has 0 fully saturated rings. The van der Waals surface area contributed by atoms with Gasteiger partial charge in [-0.25, -0.2) is 4.98 Å². The Morgan fingerprint density at radius 2 is 1.45 bits per heavy atom. The molecule has 0 saturated carbocycles. The number of hydrogen-bond donors (Lipinski definition) is 1. The summed E-state index contributed by atoms with van der Waals surface area (Å²) in [7, 11) is 0. The summed E-state index contributed by atoms with van der Waals surface area (Å²) in [6.07, 6.45) is 0. The lowest BCUT2D eigenvalue weighted by atomic mass is 9.92. The molecule has 3 heteroatoms. The first kappa shape index (κ1) is 13.0. The summed E-state index contributed by atoms with van der Waals surface area (Å²) >= 11 is 1.68. The summed E-state index contributed by atoms with van der Waals surface area (Å²) in [5, 5.41) is 3.15. The monoisotopic (exact) mass is 280 g/mol. The zero-order valence-electron chi connectivity index (χ0n) is 11.1. The van der Waals surface area contributed by atoms with E-state index in [1.807, 2.05) is 17.5 Å². The highest BCUT2D eigenvalue weighted by molar-refractivity contribution is 7.09. The highest BCUT2D eigenvalue weighted by atomic mass is 32.1. The van der Waals surface area contributed by atoms with E-state index >= 15 is 0 Å². The molecule has 20 heavy (non-hydrogen) atoms. The minimum absolute atomic E-state index is 0.183. The predicted octanol–water partition coefficient (Wildman–Crippen LogP) is 3.78. The number of rotatable bonds is 4. The van der Waals surface area contributed by atoms with Gasteiger partial charge in [0, 0.05) is 11.9 Å². The van der Waals surface area contributed by atoms with Crippen molar-refractivity contribution < 1.29 is 0 Å². The molecule has 0 spiro atoms.